The lowest BCUT2D eigenvalue weighted by Gasteiger charge is -2.48. The molecule has 0 atom stereocenters. The minimum atomic E-state index is -1.01. The van der Waals surface area contributed by atoms with Crippen LogP contribution in [0, 0.1) is 10.8 Å². The molecule has 0 radical (unpaired) electrons. The van der Waals surface area contributed by atoms with Crippen LogP contribution >= 0.6 is 23.2 Å². The maximum atomic E-state index is 13.7. The molecule has 4 rings (SSSR count). The summed E-state index contributed by atoms with van der Waals surface area (Å²) in [7, 11) is 0. The predicted molar refractivity (Wildman–Crippen MR) is 139 cm³/mol. The normalized spacial score (nSPS) is 21.5. The zero-order chi connectivity index (χ0) is 26.6. The van der Waals surface area contributed by atoms with Crippen molar-refractivity contribution in [2.24, 2.45) is 10.8 Å². The zero-order valence-corrected chi connectivity index (χ0v) is 23.0. The molecule has 0 spiro atoms. The van der Waals surface area contributed by atoms with Crippen LogP contribution in [0.1, 0.15) is 78.2 Å². The van der Waals surface area contributed by atoms with E-state index in [4.69, 9.17) is 27.9 Å². The molecule has 0 bridgehead atoms. The number of ketones is 2. The van der Waals surface area contributed by atoms with Gasteiger partial charge in [0.25, 0.3) is 0 Å². The summed E-state index contributed by atoms with van der Waals surface area (Å²) in [6.07, 6.45) is 2.47. The molecule has 8 heteroatoms. The number of hydrogen-bond donors (Lipinski definition) is 1. The Morgan fingerprint density at radius 3 is 1.86 bits per heavy atom. The van der Waals surface area contributed by atoms with Gasteiger partial charge in [-0.2, -0.15) is 0 Å². The SMILES string of the molecule is CCCOc1c(Cl)cc(C2C3=C(CC(C)(C)CC3=O)N(CC(=O)O)C3=C2C(=O)CC(C)(C)C3)cc1Cl. The molecule has 36 heavy (non-hydrogen) atoms. The van der Waals surface area contributed by atoms with Crippen LogP contribution in [0.15, 0.2) is 34.7 Å². The van der Waals surface area contributed by atoms with E-state index < -0.39 is 11.9 Å². The number of carboxylic acids is 1. The van der Waals surface area contributed by atoms with E-state index in [2.05, 4.69) is 0 Å². The molecule has 0 fully saturated rings. The third kappa shape index (κ3) is 4.95. The van der Waals surface area contributed by atoms with Crippen LogP contribution in [0.4, 0.5) is 0 Å². The van der Waals surface area contributed by atoms with Crippen LogP contribution in [-0.4, -0.2) is 40.7 Å². The quantitative estimate of drug-likeness (QED) is 0.446. The molecule has 6 nitrogen and oxygen atoms in total. The van der Waals surface area contributed by atoms with Crippen molar-refractivity contribution in [3.63, 3.8) is 0 Å². The van der Waals surface area contributed by atoms with Gasteiger partial charge in [-0.15, -0.1) is 0 Å². The monoisotopic (exact) mass is 533 g/mol. The number of hydrogen-bond acceptors (Lipinski definition) is 5. The topological polar surface area (TPSA) is 83.9 Å². The number of halogens is 2. The smallest absolute Gasteiger partial charge is 0.323 e. The lowest BCUT2D eigenvalue weighted by molar-refractivity contribution is -0.138. The van der Waals surface area contributed by atoms with E-state index in [1.165, 1.54) is 0 Å². The van der Waals surface area contributed by atoms with Crippen molar-refractivity contribution in [1.29, 1.82) is 0 Å². The Bertz CT molecular complexity index is 1130. The van der Waals surface area contributed by atoms with Gasteiger partial charge in [-0.25, -0.2) is 0 Å². The fourth-order valence-electron chi connectivity index (χ4n) is 5.80. The van der Waals surface area contributed by atoms with Gasteiger partial charge in [-0.05, 0) is 47.8 Å². The summed E-state index contributed by atoms with van der Waals surface area (Å²) in [6, 6.07) is 3.45. The number of aliphatic carboxylic acids is 1. The van der Waals surface area contributed by atoms with Crippen LogP contribution in [0.2, 0.25) is 10.0 Å². The maximum Gasteiger partial charge on any atom is 0.323 e. The van der Waals surface area contributed by atoms with E-state index in [1.807, 2.05) is 34.6 Å². The molecule has 194 valence electrons. The highest BCUT2D eigenvalue weighted by Gasteiger charge is 2.49. The average molecular weight is 534 g/mol. The molecule has 1 aromatic carbocycles. The van der Waals surface area contributed by atoms with Crippen molar-refractivity contribution in [2.75, 3.05) is 13.2 Å². The average Bonchev–Trinajstić information content (AvgIpc) is 2.72. The van der Waals surface area contributed by atoms with Gasteiger partial charge in [0, 0.05) is 41.3 Å². The van der Waals surface area contributed by atoms with Crippen LogP contribution in [0.3, 0.4) is 0 Å². The summed E-state index contributed by atoms with van der Waals surface area (Å²) >= 11 is 13.2. The Labute approximate surface area is 222 Å². The first-order valence-corrected chi connectivity index (χ1v) is 13.1. The van der Waals surface area contributed by atoms with Crippen molar-refractivity contribution >= 4 is 40.7 Å². The van der Waals surface area contributed by atoms with E-state index >= 15 is 0 Å². The molecule has 0 aromatic heterocycles. The van der Waals surface area contributed by atoms with Gasteiger partial charge >= 0.3 is 5.97 Å². The van der Waals surface area contributed by atoms with Crippen LogP contribution in [0.25, 0.3) is 0 Å². The molecule has 1 N–H and O–H groups in total. The van der Waals surface area contributed by atoms with E-state index in [-0.39, 0.29) is 28.9 Å². The molecule has 0 unspecified atom stereocenters. The summed E-state index contributed by atoms with van der Waals surface area (Å²) in [6.45, 7) is 10.2. The Balaban J connectivity index is 1.98. The van der Waals surface area contributed by atoms with Crippen molar-refractivity contribution in [1.82, 2.24) is 4.90 Å². The number of carbonyl (C=O) groups excluding carboxylic acids is 2. The molecule has 0 amide bonds. The summed E-state index contributed by atoms with van der Waals surface area (Å²) in [5, 5.41) is 10.4. The number of benzene rings is 1. The molecule has 1 aliphatic heterocycles. The Hall–Kier alpha value is -2.31. The molecule has 2 aliphatic carbocycles. The van der Waals surface area contributed by atoms with Crippen LogP contribution in [0.5, 0.6) is 5.75 Å². The second kappa shape index (κ2) is 9.53. The zero-order valence-electron chi connectivity index (χ0n) is 21.5. The third-order valence-electron chi connectivity index (χ3n) is 7.12. The minimum absolute atomic E-state index is 0.0793. The van der Waals surface area contributed by atoms with Crippen LogP contribution < -0.4 is 4.74 Å². The van der Waals surface area contributed by atoms with Crippen LogP contribution in [-0.2, 0) is 14.4 Å². The van der Waals surface area contributed by atoms with E-state index in [9.17, 15) is 19.5 Å². The predicted octanol–water partition coefficient (Wildman–Crippen LogP) is 6.55. The Morgan fingerprint density at radius 1 is 0.972 bits per heavy atom. The third-order valence-corrected chi connectivity index (χ3v) is 7.68. The molecule has 1 aromatic rings. The number of carboxylic acid groups (broad SMARTS) is 1. The Kier molecular flexibility index (Phi) is 7.08. The van der Waals surface area contributed by atoms with Crippen molar-refractivity contribution < 1.29 is 24.2 Å². The molecule has 3 aliphatic rings. The lowest BCUT2D eigenvalue weighted by Crippen LogP contribution is -2.45. The van der Waals surface area contributed by atoms with Gasteiger partial charge < -0.3 is 14.7 Å². The first-order valence-electron chi connectivity index (χ1n) is 12.4. The number of nitrogens with zero attached hydrogens (tertiary/aromatic N) is 1. The summed E-state index contributed by atoms with van der Waals surface area (Å²) in [5.74, 6) is -1.44. The highest BCUT2D eigenvalue weighted by atomic mass is 35.5. The highest BCUT2D eigenvalue weighted by molar-refractivity contribution is 6.37. The summed E-state index contributed by atoms with van der Waals surface area (Å²) in [4.78, 5) is 41.1. The first kappa shape index (κ1) is 26.7. The molecule has 0 saturated heterocycles. The van der Waals surface area contributed by atoms with E-state index in [1.54, 1.807) is 17.0 Å². The van der Waals surface area contributed by atoms with Gasteiger partial charge in [-0.1, -0.05) is 57.8 Å². The van der Waals surface area contributed by atoms with Gasteiger partial charge in [0.15, 0.2) is 17.3 Å². The lowest BCUT2D eigenvalue weighted by atomic mass is 9.63. The van der Waals surface area contributed by atoms with Crippen molar-refractivity contribution in [3.8, 4) is 5.75 Å². The number of allylic oxidation sites excluding steroid dienone is 4. The molecule has 0 saturated carbocycles. The van der Waals surface area contributed by atoms with Gasteiger partial charge in [-0.3, -0.25) is 14.4 Å². The van der Waals surface area contributed by atoms with Gasteiger partial charge in [0.1, 0.15) is 6.54 Å². The molecular weight excluding hydrogens is 501 g/mol. The standard InChI is InChI=1S/C28H33Cl2NO5/c1-6-7-36-26-16(29)8-15(9-17(26)30)23-24-18(10-27(2,3)12-20(24)32)31(14-22(34)35)19-11-28(4,5)13-21(33)25(19)23/h8-9,23H,6-7,10-14H2,1-5H3,(H,34,35). The van der Waals surface area contributed by atoms with Gasteiger partial charge in [0.2, 0.25) is 0 Å². The van der Waals surface area contributed by atoms with Crippen molar-refractivity contribution in [3.05, 3.63) is 50.3 Å². The van der Waals surface area contributed by atoms with E-state index in [0.29, 0.717) is 76.2 Å². The Morgan fingerprint density at radius 2 is 1.44 bits per heavy atom. The van der Waals surface area contributed by atoms with E-state index in [0.717, 1.165) is 6.42 Å². The largest absolute Gasteiger partial charge is 0.490 e. The number of Topliss-reactive ketones (excluding diaryl/α,β-unsaturated/α-hetero) is 2. The second-order valence-electron chi connectivity index (χ2n) is 11.7. The highest BCUT2D eigenvalue weighted by Crippen LogP contribution is 2.55. The fraction of sp³-hybridized carbons (Fsp3) is 0.536. The number of ether oxygens (including phenoxy) is 1. The minimum Gasteiger partial charge on any atom is -0.490 e. The number of rotatable bonds is 6. The maximum absolute atomic E-state index is 13.7. The van der Waals surface area contributed by atoms with Gasteiger partial charge in [0.05, 0.1) is 16.7 Å². The second-order valence-corrected chi connectivity index (χ2v) is 12.5. The fourth-order valence-corrected chi connectivity index (χ4v) is 6.41. The van der Waals surface area contributed by atoms with Crippen molar-refractivity contribution in [2.45, 2.75) is 72.6 Å². The first-order chi connectivity index (χ1) is 16.7. The molecular formula is C28H33Cl2NO5. The number of carbonyl (C=O) groups is 3. The molecule has 1 heterocycles. The summed E-state index contributed by atoms with van der Waals surface area (Å²) in [5.41, 5.74) is 2.31. The summed E-state index contributed by atoms with van der Waals surface area (Å²) < 4.78 is 5.73.